The summed E-state index contributed by atoms with van der Waals surface area (Å²) in [4.78, 5) is 12.5. The zero-order valence-corrected chi connectivity index (χ0v) is 18.2. The van der Waals surface area contributed by atoms with Crippen molar-refractivity contribution in [1.29, 1.82) is 0 Å². The molecule has 0 bridgehead atoms. The van der Waals surface area contributed by atoms with Crippen LogP contribution in [0.3, 0.4) is 0 Å². The number of aryl methyl sites for hydroxylation is 1. The van der Waals surface area contributed by atoms with Crippen molar-refractivity contribution in [2.75, 3.05) is 16.3 Å². The minimum Gasteiger partial charge on any atom is -0.441 e. The number of amides is 1. The standard InChI is InChI=1S/C20H21ClN4O4S/c1-13(16-6-4-5-7-18(16)21)29-20(26)23-19-17(12-22-25(19)2)14-8-10-15(11-9-14)24-30(3,27)28/h4-13,24H,1-3H3,(H,23,26). The van der Waals surface area contributed by atoms with E-state index in [-0.39, 0.29) is 0 Å². The minimum atomic E-state index is -3.36. The predicted molar refractivity (Wildman–Crippen MR) is 117 cm³/mol. The van der Waals surface area contributed by atoms with Crippen molar-refractivity contribution in [1.82, 2.24) is 9.78 Å². The highest BCUT2D eigenvalue weighted by molar-refractivity contribution is 7.92. The van der Waals surface area contributed by atoms with Gasteiger partial charge in [-0.2, -0.15) is 5.10 Å². The Morgan fingerprint density at radius 3 is 2.47 bits per heavy atom. The van der Waals surface area contributed by atoms with Gasteiger partial charge in [-0.1, -0.05) is 41.9 Å². The van der Waals surface area contributed by atoms with E-state index >= 15 is 0 Å². The Morgan fingerprint density at radius 1 is 1.17 bits per heavy atom. The van der Waals surface area contributed by atoms with E-state index in [1.165, 1.54) is 4.68 Å². The molecule has 30 heavy (non-hydrogen) atoms. The fourth-order valence-electron chi connectivity index (χ4n) is 2.88. The number of carbonyl (C=O) groups is 1. The van der Waals surface area contributed by atoms with Crippen LogP contribution in [0.1, 0.15) is 18.6 Å². The number of hydrogen-bond donors (Lipinski definition) is 2. The molecule has 1 aromatic heterocycles. The van der Waals surface area contributed by atoms with Gasteiger partial charge in [-0.05, 0) is 30.7 Å². The fraction of sp³-hybridized carbons (Fsp3) is 0.200. The van der Waals surface area contributed by atoms with Gasteiger partial charge < -0.3 is 4.74 Å². The summed E-state index contributed by atoms with van der Waals surface area (Å²) in [7, 11) is -1.67. The molecule has 2 aromatic carbocycles. The average molecular weight is 449 g/mol. The number of halogens is 1. The quantitative estimate of drug-likeness (QED) is 0.581. The molecule has 3 aromatic rings. The van der Waals surface area contributed by atoms with Crippen LogP contribution in [0.2, 0.25) is 5.02 Å². The van der Waals surface area contributed by atoms with E-state index in [1.54, 1.807) is 62.6 Å². The molecule has 8 nitrogen and oxygen atoms in total. The van der Waals surface area contributed by atoms with Crippen LogP contribution in [-0.2, 0) is 21.8 Å². The Bertz CT molecular complexity index is 1160. The fourth-order valence-corrected chi connectivity index (χ4v) is 3.74. The molecule has 0 saturated carbocycles. The maximum Gasteiger partial charge on any atom is 0.413 e. The van der Waals surface area contributed by atoms with Gasteiger partial charge in [0.15, 0.2) is 0 Å². The average Bonchev–Trinajstić information content (AvgIpc) is 3.02. The molecule has 0 saturated heterocycles. The molecular weight excluding hydrogens is 428 g/mol. The number of nitrogens with one attached hydrogen (secondary N) is 2. The number of aromatic nitrogens is 2. The van der Waals surface area contributed by atoms with Crippen LogP contribution in [0, 0.1) is 0 Å². The Kier molecular flexibility index (Phi) is 6.33. The zero-order valence-electron chi connectivity index (χ0n) is 16.6. The third-order valence-corrected chi connectivity index (χ3v) is 5.24. The maximum atomic E-state index is 12.5. The largest absolute Gasteiger partial charge is 0.441 e. The van der Waals surface area contributed by atoms with E-state index in [2.05, 4.69) is 15.1 Å². The lowest BCUT2D eigenvalue weighted by atomic mass is 10.1. The predicted octanol–water partition coefficient (Wildman–Crippen LogP) is 4.42. The number of sulfonamides is 1. The summed E-state index contributed by atoms with van der Waals surface area (Å²) in [6.45, 7) is 1.73. The highest BCUT2D eigenvalue weighted by Crippen LogP contribution is 2.30. The number of nitrogens with zero attached hydrogens (tertiary/aromatic N) is 2. The van der Waals surface area contributed by atoms with Crippen molar-refractivity contribution < 1.29 is 17.9 Å². The van der Waals surface area contributed by atoms with Crippen LogP contribution >= 0.6 is 11.6 Å². The van der Waals surface area contributed by atoms with E-state index in [1.807, 2.05) is 6.07 Å². The van der Waals surface area contributed by atoms with Gasteiger partial charge in [-0.15, -0.1) is 0 Å². The molecule has 0 fully saturated rings. The lowest BCUT2D eigenvalue weighted by Crippen LogP contribution is -2.18. The van der Waals surface area contributed by atoms with E-state index < -0.39 is 22.2 Å². The zero-order chi connectivity index (χ0) is 21.9. The van der Waals surface area contributed by atoms with Crippen LogP contribution in [0.25, 0.3) is 11.1 Å². The van der Waals surface area contributed by atoms with Gasteiger partial charge in [0.25, 0.3) is 0 Å². The molecule has 1 atom stereocenters. The summed E-state index contributed by atoms with van der Waals surface area (Å²) in [5.74, 6) is 0.440. The number of hydrogen-bond acceptors (Lipinski definition) is 5. The second-order valence-electron chi connectivity index (χ2n) is 6.68. The van der Waals surface area contributed by atoms with E-state index in [0.29, 0.717) is 27.7 Å². The van der Waals surface area contributed by atoms with E-state index in [4.69, 9.17) is 16.3 Å². The number of anilines is 2. The van der Waals surface area contributed by atoms with Crippen molar-refractivity contribution in [2.24, 2.45) is 7.05 Å². The van der Waals surface area contributed by atoms with Gasteiger partial charge in [0.2, 0.25) is 10.0 Å². The first-order valence-electron chi connectivity index (χ1n) is 8.96. The molecule has 0 spiro atoms. The second-order valence-corrected chi connectivity index (χ2v) is 8.83. The molecule has 158 valence electrons. The third kappa shape index (κ3) is 5.31. The van der Waals surface area contributed by atoms with Crippen LogP contribution < -0.4 is 10.0 Å². The van der Waals surface area contributed by atoms with Gasteiger partial charge in [-0.25, -0.2) is 13.2 Å². The van der Waals surface area contributed by atoms with Crippen molar-refractivity contribution in [2.45, 2.75) is 13.0 Å². The van der Waals surface area contributed by atoms with E-state index in [0.717, 1.165) is 11.8 Å². The molecule has 1 heterocycles. The van der Waals surface area contributed by atoms with Crippen LogP contribution in [-0.4, -0.2) is 30.5 Å². The molecule has 1 amide bonds. The first kappa shape index (κ1) is 21.7. The Morgan fingerprint density at radius 2 is 1.83 bits per heavy atom. The number of benzene rings is 2. The van der Waals surface area contributed by atoms with Gasteiger partial charge in [0.05, 0.1) is 12.5 Å². The van der Waals surface area contributed by atoms with Crippen molar-refractivity contribution in [3.8, 4) is 11.1 Å². The van der Waals surface area contributed by atoms with Crippen molar-refractivity contribution in [3.05, 3.63) is 65.3 Å². The summed E-state index contributed by atoms with van der Waals surface area (Å²) < 4.78 is 32.1. The molecule has 0 radical (unpaired) electrons. The molecule has 10 heteroatoms. The van der Waals surface area contributed by atoms with Gasteiger partial charge in [-0.3, -0.25) is 14.7 Å². The van der Waals surface area contributed by atoms with Crippen LogP contribution in [0.15, 0.2) is 54.7 Å². The first-order chi connectivity index (χ1) is 14.1. The molecule has 3 rings (SSSR count). The van der Waals surface area contributed by atoms with Gasteiger partial charge in [0, 0.05) is 28.9 Å². The lowest BCUT2D eigenvalue weighted by Gasteiger charge is -2.16. The Hall–Kier alpha value is -3.04. The van der Waals surface area contributed by atoms with Crippen LogP contribution in [0.4, 0.5) is 16.3 Å². The summed E-state index contributed by atoms with van der Waals surface area (Å²) >= 11 is 6.16. The first-order valence-corrected chi connectivity index (χ1v) is 11.2. The lowest BCUT2D eigenvalue weighted by molar-refractivity contribution is 0.121. The Labute approximate surface area is 179 Å². The van der Waals surface area contributed by atoms with E-state index in [9.17, 15) is 13.2 Å². The van der Waals surface area contributed by atoms with Crippen molar-refractivity contribution >= 4 is 39.2 Å². The summed E-state index contributed by atoms with van der Waals surface area (Å²) in [6, 6.07) is 13.9. The molecule has 0 aliphatic heterocycles. The highest BCUT2D eigenvalue weighted by atomic mass is 35.5. The normalized spacial score (nSPS) is 12.3. The molecule has 0 aliphatic rings. The second kappa shape index (κ2) is 8.76. The van der Waals surface area contributed by atoms with Gasteiger partial charge in [0.1, 0.15) is 11.9 Å². The molecule has 2 N–H and O–H groups in total. The van der Waals surface area contributed by atoms with Crippen molar-refractivity contribution in [3.63, 3.8) is 0 Å². The number of ether oxygens (including phenoxy) is 1. The smallest absolute Gasteiger partial charge is 0.413 e. The number of rotatable bonds is 6. The molecular formula is C20H21ClN4O4S. The monoisotopic (exact) mass is 448 g/mol. The van der Waals surface area contributed by atoms with Gasteiger partial charge >= 0.3 is 6.09 Å². The topological polar surface area (TPSA) is 102 Å². The Balaban J connectivity index is 1.76. The molecule has 1 unspecified atom stereocenters. The summed E-state index contributed by atoms with van der Waals surface area (Å²) in [5.41, 5.74) is 2.54. The highest BCUT2D eigenvalue weighted by Gasteiger charge is 2.18. The SMILES string of the molecule is CC(OC(=O)Nc1c(-c2ccc(NS(C)(=O)=O)cc2)cnn1C)c1ccccc1Cl. The minimum absolute atomic E-state index is 0.438. The van der Waals surface area contributed by atoms with Crippen LogP contribution in [0.5, 0.6) is 0 Å². The summed E-state index contributed by atoms with van der Waals surface area (Å²) in [5, 5.41) is 7.42. The number of carbonyl (C=O) groups excluding carboxylic acids is 1. The maximum absolute atomic E-state index is 12.5. The third-order valence-electron chi connectivity index (χ3n) is 4.29. The molecule has 0 aliphatic carbocycles. The summed E-state index contributed by atoms with van der Waals surface area (Å²) in [6.07, 6.45) is 1.49.